The highest BCUT2D eigenvalue weighted by Gasteiger charge is 2.05. The lowest BCUT2D eigenvalue weighted by Gasteiger charge is -2.12. The number of hydrogen-bond donors (Lipinski definition) is 1. The zero-order chi connectivity index (χ0) is 13.0. The minimum absolute atomic E-state index is 0.599. The number of rotatable bonds is 5. The van der Waals surface area contributed by atoms with Crippen molar-refractivity contribution in [3.8, 4) is 0 Å². The molecule has 0 aliphatic rings. The monoisotopic (exact) mass is 280 g/mol. The van der Waals surface area contributed by atoms with E-state index in [1.54, 1.807) is 0 Å². The Morgan fingerprint density at radius 3 is 2.78 bits per heavy atom. The minimum Gasteiger partial charge on any atom is -0.380 e. The van der Waals surface area contributed by atoms with Gasteiger partial charge in [-0.3, -0.25) is 0 Å². The quantitative estimate of drug-likeness (QED) is 0.865. The number of hydrogen-bond acceptors (Lipinski definition) is 3. The van der Waals surface area contributed by atoms with E-state index in [0.29, 0.717) is 10.4 Å². The van der Waals surface area contributed by atoms with Crippen molar-refractivity contribution < 1.29 is 0 Å². The third-order valence-corrected chi connectivity index (χ3v) is 3.74. The second-order valence-corrected chi connectivity index (χ2v) is 6.39. The van der Waals surface area contributed by atoms with Gasteiger partial charge < -0.3 is 5.32 Å². The molecule has 0 aliphatic carbocycles. The van der Waals surface area contributed by atoms with E-state index in [1.807, 2.05) is 6.20 Å². The summed E-state index contributed by atoms with van der Waals surface area (Å²) in [6, 6.07) is 8.46. The maximum Gasteiger partial charge on any atom is 0.183 e. The van der Waals surface area contributed by atoms with E-state index < -0.39 is 0 Å². The van der Waals surface area contributed by atoms with Crippen LogP contribution in [0.3, 0.4) is 0 Å². The standard InChI is InChI=1S/C14H17ClN2S/c1-10(2)7-11-5-3-4-6-13(11)16-8-12-9-17-14(15)18-12/h3-6,9-10,16H,7-8H2,1-2H3. The Kier molecular flexibility index (Phi) is 4.61. The SMILES string of the molecule is CC(C)Cc1ccccc1NCc1cnc(Cl)s1. The molecule has 2 aromatic rings. The Bertz CT molecular complexity index is 508. The van der Waals surface area contributed by atoms with Gasteiger partial charge in [-0.05, 0) is 24.0 Å². The molecule has 0 saturated carbocycles. The van der Waals surface area contributed by atoms with Crippen LogP contribution in [0.2, 0.25) is 4.47 Å². The maximum absolute atomic E-state index is 5.82. The summed E-state index contributed by atoms with van der Waals surface area (Å²) in [5.74, 6) is 0.658. The lowest BCUT2D eigenvalue weighted by atomic mass is 10.0. The molecule has 0 atom stereocenters. The molecule has 1 heterocycles. The van der Waals surface area contributed by atoms with Crippen LogP contribution in [0.15, 0.2) is 30.5 Å². The number of halogens is 1. The van der Waals surface area contributed by atoms with Crippen LogP contribution in [-0.2, 0) is 13.0 Å². The first-order valence-electron chi connectivity index (χ1n) is 6.07. The molecular formula is C14H17ClN2S. The maximum atomic E-state index is 5.82. The van der Waals surface area contributed by atoms with Crippen molar-refractivity contribution in [1.29, 1.82) is 0 Å². The third-order valence-electron chi connectivity index (χ3n) is 2.62. The van der Waals surface area contributed by atoms with Crippen LogP contribution >= 0.6 is 22.9 Å². The molecule has 0 unspecified atom stereocenters. The fraction of sp³-hybridized carbons (Fsp3) is 0.357. The van der Waals surface area contributed by atoms with E-state index in [1.165, 1.54) is 22.6 Å². The van der Waals surface area contributed by atoms with Crippen molar-refractivity contribution in [3.05, 3.63) is 45.4 Å². The molecule has 0 radical (unpaired) electrons. The highest BCUT2D eigenvalue weighted by Crippen LogP contribution is 2.22. The predicted octanol–water partition coefficient (Wildman–Crippen LogP) is 4.61. The van der Waals surface area contributed by atoms with Crippen molar-refractivity contribution in [2.24, 2.45) is 5.92 Å². The van der Waals surface area contributed by atoms with Crippen molar-refractivity contribution >= 4 is 28.6 Å². The van der Waals surface area contributed by atoms with E-state index >= 15 is 0 Å². The molecule has 2 nitrogen and oxygen atoms in total. The largest absolute Gasteiger partial charge is 0.380 e. The summed E-state index contributed by atoms with van der Waals surface area (Å²) >= 11 is 7.34. The van der Waals surface area contributed by atoms with Gasteiger partial charge in [-0.1, -0.05) is 43.6 Å². The van der Waals surface area contributed by atoms with Gasteiger partial charge in [-0.15, -0.1) is 11.3 Å². The molecule has 0 saturated heterocycles. The first kappa shape index (κ1) is 13.4. The van der Waals surface area contributed by atoms with Crippen LogP contribution in [0.4, 0.5) is 5.69 Å². The van der Waals surface area contributed by atoms with Gasteiger partial charge in [0.25, 0.3) is 0 Å². The summed E-state index contributed by atoms with van der Waals surface area (Å²) < 4.78 is 0.599. The number of nitrogens with zero attached hydrogens (tertiary/aromatic N) is 1. The number of benzene rings is 1. The second-order valence-electron chi connectivity index (χ2n) is 4.69. The second kappa shape index (κ2) is 6.21. The van der Waals surface area contributed by atoms with Gasteiger partial charge in [0.15, 0.2) is 4.47 Å². The highest BCUT2D eigenvalue weighted by molar-refractivity contribution is 7.15. The lowest BCUT2D eigenvalue weighted by molar-refractivity contribution is 0.648. The predicted molar refractivity (Wildman–Crippen MR) is 79.4 cm³/mol. The normalized spacial score (nSPS) is 10.9. The van der Waals surface area contributed by atoms with E-state index in [9.17, 15) is 0 Å². The molecule has 0 aliphatic heterocycles. The summed E-state index contributed by atoms with van der Waals surface area (Å²) in [5, 5.41) is 3.46. The fourth-order valence-corrected chi connectivity index (χ4v) is 2.78. The molecule has 0 amide bonds. The van der Waals surface area contributed by atoms with Crippen molar-refractivity contribution in [3.63, 3.8) is 0 Å². The molecular weight excluding hydrogens is 264 g/mol. The van der Waals surface area contributed by atoms with Crippen LogP contribution < -0.4 is 5.32 Å². The van der Waals surface area contributed by atoms with Crippen LogP contribution in [0, 0.1) is 5.92 Å². The van der Waals surface area contributed by atoms with Crippen molar-refractivity contribution in [1.82, 2.24) is 4.98 Å². The van der Waals surface area contributed by atoms with E-state index in [0.717, 1.165) is 17.8 Å². The van der Waals surface area contributed by atoms with E-state index in [4.69, 9.17) is 11.6 Å². The first-order valence-corrected chi connectivity index (χ1v) is 7.26. The number of aromatic nitrogens is 1. The van der Waals surface area contributed by atoms with Gasteiger partial charge in [0.05, 0.1) is 6.54 Å². The Morgan fingerprint density at radius 2 is 2.11 bits per heavy atom. The molecule has 4 heteroatoms. The highest BCUT2D eigenvalue weighted by atomic mass is 35.5. The summed E-state index contributed by atoms with van der Waals surface area (Å²) in [7, 11) is 0. The van der Waals surface area contributed by atoms with Crippen LogP contribution in [0.5, 0.6) is 0 Å². The van der Waals surface area contributed by atoms with Crippen molar-refractivity contribution in [2.45, 2.75) is 26.8 Å². The van der Waals surface area contributed by atoms with Crippen molar-refractivity contribution in [2.75, 3.05) is 5.32 Å². The summed E-state index contributed by atoms with van der Waals surface area (Å²) in [6.07, 6.45) is 2.91. The molecule has 1 aromatic heterocycles. The van der Waals surface area contributed by atoms with Crippen LogP contribution in [-0.4, -0.2) is 4.98 Å². The molecule has 2 rings (SSSR count). The minimum atomic E-state index is 0.599. The molecule has 18 heavy (non-hydrogen) atoms. The molecule has 1 N–H and O–H groups in total. The average Bonchev–Trinajstić information content (AvgIpc) is 2.73. The van der Waals surface area contributed by atoms with Gasteiger partial charge in [-0.25, -0.2) is 4.98 Å². The summed E-state index contributed by atoms with van der Waals surface area (Å²) in [6.45, 7) is 5.25. The van der Waals surface area contributed by atoms with Gasteiger partial charge in [0.1, 0.15) is 0 Å². The molecule has 1 aromatic carbocycles. The number of thiazole rings is 1. The first-order chi connectivity index (χ1) is 8.65. The zero-order valence-electron chi connectivity index (χ0n) is 10.6. The van der Waals surface area contributed by atoms with Gasteiger partial charge >= 0.3 is 0 Å². The fourth-order valence-electron chi connectivity index (χ4n) is 1.86. The summed E-state index contributed by atoms with van der Waals surface area (Å²) in [4.78, 5) is 5.20. The van der Waals surface area contributed by atoms with E-state index in [-0.39, 0.29) is 0 Å². The summed E-state index contributed by atoms with van der Waals surface area (Å²) in [5.41, 5.74) is 2.57. The number of anilines is 1. The Hall–Kier alpha value is -1.06. The van der Waals surface area contributed by atoms with Crippen LogP contribution in [0.1, 0.15) is 24.3 Å². The topological polar surface area (TPSA) is 24.9 Å². The van der Waals surface area contributed by atoms with Gasteiger partial charge in [0.2, 0.25) is 0 Å². The molecule has 0 fully saturated rings. The average molecular weight is 281 g/mol. The third kappa shape index (κ3) is 3.72. The molecule has 0 spiro atoms. The van der Waals surface area contributed by atoms with E-state index in [2.05, 4.69) is 48.4 Å². The zero-order valence-corrected chi connectivity index (χ0v) is 12.2. The Balaban J connectivity index is 2.04. The van der Waals surface area contributed by atoms with Gasteiger partial charge in [-0.2, -0.15) is 0 Å². The lowest BCUT2D eigenvalue weighted by Crippen LogP contribution is -2.03. The molecule has 0 bridgehead atoms. The van der Waals surface area contributed by atoms with Gasteiger partial charge in [0, 0.05) is 16.8 Å². The Morgan fingerprint density at radius 1 is 1.33 bits per heavy atom. The number of nitrogens with one attached hydrogen (secondary N) is 1. The molecule has 96 valence electrons. The smallest absolute Gasteiger partial charge is 0.183 e. The number of para-hydroxylation sites is 1. The Labute approximate surface area is 117 Å². The van der Waals surface area contributed by atoms with Crippen LogP contribution in [0.25, 0.3) is 0 Å².